The summed E-state index contributed by atoms with van der Waals surface area (Å²) in [6.07, 6.45) is 4.35. The molecule has 1 N–H and O–H groups in total. The van der Waals surface area contributed by atoms with Crippen LogP contribution < -0.4 is 0 Å². The van der Waals surface area contributed by atoms with Gasteiger partial charge < -0.3 is 0 Å². The van der Waals surface area contributed by atoms with Gasteiger partial charge in [0.1, 0.15) is 5.52 Å². The molecule has 0 saturated carbocycles. The summed E-state index contributed by atoms with van der Waals surface area (Å²) in [4.78, 5) is 8.43. The summed E-state index contributed by atoms with van der Waals surface area (Å²) in [5.74, 6) is 0. The van der Waals surface area contributed by atoms with Crippen LogP contribution in [0.1, 0.15) is 12.6 Å². The summed E-state index contributed by atoms with van der Waals surface area (Å²) >= 11 is 0. The van der Waals surface area contributed by atoms with Crippen molar-refractivity contribution in [2.75, 3.05) is 0 Å². The van der Waals surface area contributed by atoms with E-state index in [4.69, 9.17) is 0 Å². The van der Waals surface area contributed by atoms with Crippen LogP contribution in [0.4, 0.5) is 0 Å². The Morgan fingerprint density at radius 1 is 1.42 bits per heavy atom. The zero-order valence-electron chi connectivity index (χ0n) is 6.91. The molecule has 5 heteroatoms. The maximum atomic E-state index is 4.27. The number of nitrogens with one attached hydrogen (secondary N) is 1. The van der Waals surface area contributed by atoms with Crippen molar-refractivity contribution in [1.29, 1.82) is 0 Å². The minimum Gasteiger partial charge on any atom is -0.259 e. The Hall–Kier alpha value is 0.0175. The molecule has 0 aromatic carbocycles. The van der Waals surface area contributed by atoms with E-state index in [-0.39, 0.29) is 45.0 Å². The third-order valence-electron chi connectivity index (χ3n) is 1.57. The van der Waals surface area contributed by atoms with E-state index in [0.717, 1.165) is 23.3 Å². The molecule has 0 aliphatic carbocycles. The number of nitrogens with zero attached hydrogens (tertiary/aromatic N) is 3. The minimum atomic E-state index is 0. The second-order valence-electron chi connectivity index (χ2n) is 2.32. The summed E-state index contributed by atoms with van der Waals surface area (Å²) in [5, 5.41) is 6.60. The fourth-order valence-electron chi connectivity index (χ4n) is 0.937. The van der Waals surface area contributed by atoms with Gasteiger partial charge in [0.15, 0.2) is 5.65 Å². The maximum Gasteiger partial charge on any atom is 0.174 e. The van der Waals surface area contributed by atoms with E-state index in [2.05, 4.69) is 20.2 Å². The molecule has 12 heavy (non-hydrogen) atoms. The molecule has 0 amide bonds. The summed E-state index contributed by atoms with van der Waals surface area (Å²) in [5.41, 5.74) is 2.58. The van der Waals surface area contributed by atoms with Crippen molar-refractivity contribution in [3.63, 3.8) is 0 Å². The molecule has 2 aromatic heterocycles. The van der Waals surface area contributed by atoms with Gasteiger partial charge in [0.25, 0.3) is 0 Å². The number of H-pyrrole nitrogens is 1. The molecule has 0 aliphatic heterocycles. The van der Waals surface area contributed by atoms with Crippen LogP contribution >= 0.6 is 0 Å². The first-order chi connectivity index (χ1) is 5.40. The zero-order valence-corrected chi connectivity index (χ0v) is 12.7. The number of fused-ring (bicyclic) bond motifs is 1. The number of aromatic nitrogens is 4. The monoisotopic (exact) mass is 374 g/mol. The first kappa shape index (κ1) is 10.1. The van der Waals surface area contributed by atoms with E-state index in [1.54, 1.807) is 12.4 Å². The molecule has 4 nitrogen and oxygen atoms in total. The smallest absolute Gasteiger partial charge is 0.174 e. The van der Waals surface area contributed by atoms with Gasteiger partial charge in [0.2, 0.25) is 0 Å². The molecule has 0 saturated heterocycles. The Labute approximate surface area is 107 Å². The molecule has 0 aliphatic rings. The van der Waals surface area contributed by atoms with E-state index < -0.39 is 0 Å². The molecule has 2 radical (unpaired) electrons. The van der Waals surface area contributed by atoms with Gasteiger partial charge in [-0.2, -0.15) is 5.10 Å². The van der Waals surface area contributed by atoms with Crippen molar-refractivity contribution in [1.82, 2.24) is 20.2 Å². The summed E-state index contributed by atoms with van der Waals surface area (Å²) < 4.78 is 0. The number of aryl methyl sites for hydroxylation is 1. The molecule has 0 atom stereocenters. The van der Waals surface area contributed by atoms with E-state index in [9.17, 15) is 0 Å². The first-order valence-electron chi connectivity index (χ1n) is 3.55. The van der Waals surface area contributed by atoms with E-state index in [1.165, 1.54) is 0 Å². The van der Waals surface area contributed by atoms with Gasteiger partial charge in [-0.3, -0.25) is 5.10 Å². The van der Waals surface area contributed by atoms with E-state index in [1.807, 2.05) is 6.92 Å². The van der Waals surface area contributed by atoms with Crippen molar-refractivity contribution < 1.29 is 45.0 Å². The first-order valence-corrected chi connectivity index (χ1v) is 3.55. The fourth-order valence-corrected chi connectivity index (χ4v) is 0.937. The molecule has 2 aromatic rings. The van der Waals surface area contributed by atoms with Gasteiger partial charge in [-0.25, -0.2) is 9.97 Å². The Morgan fingerprint density at radius 3 is 3.00 bits per heavy atom. The largest absolute Gasteiger partial charge is 0.259 e. The van der Waals surface area contributed by atoms with Crippen LogP contribution in [0.5, 0.6) is 0 Å². The third kappa shape index (κ3) is 1.84. The minimum absolute atomic E-state index is 0. The molecule has 0 fully saturated rings. The van der Waals surface area contributed by atoms with Gasteiger partial charge in [-0.15, -0.1) is 0 Å². The summed E-state index contributed by atoms with van der Waals surface area (Å²) in [6.45, 7) is 2.05. The zero-order chi connectivity index (χ0) is 7.68. The Kier molecular flexibility index (Phi) is 3.63. The quantitative estimate of drug-likeness (QED) is 0.808. The second kappa shape index (κ2) is 4.31. The Balaban J connectivity index is 0.000000720. The predicted molar refractivity (Wildman–Crippen MR) is 41.1 cm³/mol. The number of hydrogen-bond acceptors (Lipinski definition) is 3. The molecule has 2 rings (SSSR count). The Morgan fingerprint density at radius 2 is 2.25 bits per heavy atom. The SMILES string of the molecule is CCc1cnc2cn[nH]c2n1.[Ra]. The van der Waals surface area contributed by atoms with Gasteiger partial charge >= 0.3 is 0 Å². The molecular weight excluding hydrogens is 366 g/mol. The van der Waals surface area contributed by atoms with Gasteiger partial charge in [0, 0.05) is 51.2 Å². The average molecular weight is 374 g/mol. The molecule has 2 heterocycles. The average Bonchev–Trinajstić information content (AvgIpc) is 2.50. The fraction of sp³-hybridized carbons (Fsp3) is 0.286. The summed E-state index contributed by atoms with van der Waals surface area (Å²) in [6, 6.07) is 0. The number of hydrogen-bond donors (Lipinski definition) is 1. The molecule has 0 bridgehead atoms. The molecule has 0 unspecified atom stereocenters. The van der Waals surface area contributed by atoms with Crippen LogP contribution in [0.3, 0.4) is 0 Å². The predicted octanol–water partition coefficient (Wildman–Crippen LogP) is 0.915. The van der Waals surface area contributed by atoms with Crippen LogP contribution in [-0.2, 0) is 6.42 Å². The topological polar surface area (TPSA) is 54.5 Å². The van der Waals surface area contributed by atoms with Gasteiger partial charge in [-0.05, 0) is 6.42 Å². The maximum absolute atomic E-state index is 4.27. The standard InChI is InChI=1S/C7H8N4.Ra/c1-2-5-3-8-6-4-9-11-7(6)10-5;/h3-4H,2H2,1H3,(H,9,10,11);. The van der Waals surface area contributed by atoms with Crippen molar-refractivity contribution in [3.8, 4) is 0 Å². The Bertz CT molecular complexity index is 370. The van der Waals surface area contributed by atoms with Crippen LogP contribution in [0.2, 0.25) is 0 Å². The third-order valence-corrected chi connectivity index (χ3v) is 1.57. The summed E-state index contributed by atoms with van der Waals surface area (Å²) in [7, 11) is 0. The van der Waals surface area contributed by atoms with Crippen molar-refractivity contribution >= 4 is 11.2 Å². The van der Waals surface area contributed by atoms with Crippen LogP contribution in [0.25, 0.3) is 11.2 Å². The van der Waals surface area contributed by atoms with E-state index in [0.29, 0.717) is 0 Å². The van der Waals surface area contributed by atoms with Crippen molar-refractivity contribution in [2.24, 2.45) is 0 Å². The van der Waals surface area contributed by atoms with Crippen LogP contribution in [0.15, 0.2) is 12.4 Å². The van der Waals surface area contributed by atoms with Crippen molar-refractivity contribution in [2.45, 2.75) is 13.3 Å². The number of aromatic amines is 1. The van der Waals surface area contributed by atoms with Gasteiger partial charge in [0.05, 0.1) is 11.9 Å². The number of rotatable bonds is 1. The van der Waals surface area contributed by atoms with Crippen molar-refractivity contribution in [3.05, 3.63) is 18.1 Å². The van der Waals surface area contributed by atoms with Crippen LogP contribution in [-0.4, -0.2) is 20.2 Å². The second-order valence-corrected chi connectivity index (χ2v) is 2.32. The molecular formula is C7H8N4Ra. The van der Waals surface area contributed by atoms with E-state index >= 15 is 0 Å². The van der Waals surface area contributed by atoms with Crippen LogP contribution in [0, 0.1) is 45.0 Å². The van der Waals surface area contributed by atoms with Gasteiger partial charge in [-0.1, -0.05) is 6.92 Å². The molecule has 58 valence electrons. The normalized spacial score (nSPS) is 9.75. The molecule has 0 spiro atoms.